The van der Waals surface area contributed by atoms with Crippen molar-refractivity contribution in [1.29, 1.82) is 0 Å². The van der Waals surface area contributed by atoms with Crippen molar-refractivity contribution in [3.8, 4) is 35.4 Å². The van der Waals surface area contributed by atoms with E-state index < -0.39 is 11.0 Å². The molecule has 8 N–H and O–H groups in total. The van der Waals surface area contributed by atoms with E-state index in [2.05, 4.69) is 43.2 Å². The second-order valence-electron chi connectivity index (χ2n) is 5.45. The Morgan fingerprint density at radius 1 is 1.24 bits per heavy atom. The number of pyridine rings is 1. The highest BCUT2D eigenvalue weighted by molar-refractivity contribution is 7.97. The van der Waals surface area contributed by atoms with Crippen LogP contribution in [0.3, 0.4) is 0 Å². The number of tetrazole rings is 1. The van der Waals surface area contributed by atoms with Gasteiger partial charge in [-0.1, -0.05) is 6.07 Å². The van der Waals surface area contributed by atoms with Crippen LogP contribution in [0.4, 0.5) is 5.82 Å². The molecule has 0 bridgehead atoms. The second kappa shape index (κ2) is 11.2. The van der Waals surface area contributed by atoms with E-state index in [-0.39, 0.29) is 0 Å². The third-order valence-corrected chi connectivity index (χ3v) is 5.71. The lowest BCUT2D eigenvalue weighted by Gasteiger charge is -2.15. The fraction of sp³-hybridized carbons (Fsp3) is 0.176. The number of terminal acetylenes is 1. The Kier molecular flexibility index (Phi) is 8.71. The van der Waals surface area contributed by atoms with E-state index in [1.54, 1.807) is 18.3 Å². The van der Waals surface area contributed by atoms with Gasteiger partial charge in [0.15, 0.2) is 0 Å². The predicted molar refractivity (Wildman–Crippen MR) is 115 cm³/mol. The van der Waals surface area contributed by atoms with Crippen molar-refractivity contribution in [3.63, 3.8) is 0 Å². The molecule has 1 unspecified atom stereocenters. The number of nitrogen functional groups attached to an aromatic ring is 1. The normalized spacial score (nSPS) is 11.4. The lowest BCUT2D eigenvalue weighted by Crippen LogP contribution is -2.21. The topological polar surface area (TPSA) is 175 Å². The molecule has 0 saturated carbocycles. The van der Waals surface area contributed by atoms with Gasteiger partial charge in [-0.15, -0.1) is 23.0 Å². The summed E-state index contributed by atoms with van der Waals surface area (Å²) in [5, 5.41) is 20.2. The molecule has 0 radical (unpaired) electrons. The number of hydrogen-bond donors (Lipinski definition) is 5. The minimum absolute atomic E-state index is 0.343. The van der Waals surface area contributed by atoms with E-state index in [9.17, 15) is 4.21 Å². The maximum atomic E-state index is 12.7. The zero-order valence-electron chi connectivity index (χ0n) is 15.4. The molecule has 0 spiro atoms. The quantitative estimate of drug-likeness (QED) is 0.195. The number of benzene rings is 1. The van der Waals surface area contributed by atoms with Crippen molar-refractivity contribution in [2.75, 3.05) is 18.8 Å². The van der Waals surface area contributed by atoms with Gasteiger partial charge in [0.2, 0.25) is 5.82 Å². The first-order valence-corrected chi connectivity index (χ1v) is 10.4. The minimum Gasteiger partial charge on any atom is -0.384 e. The van der Waals surface area contributed by atoms with Crippen LogP contribution in [0.2, 0.25) is 0 Å². The molecule has 152 valence electrons. The fourth-order valence-corrected chi connectivity index (χ4v) is 4.29. The van der Waals surface area contributed by atoms with Gasteiger partial charge in [-0.25, -0.2) is 13.9 Å². The van der Waals surface area contributed by atoms with Crippen LogP contribution < -0.4 is 21.3 Å². The summed E-state index contributed by atoms with van der Waals surface area (Å²) >= 11 is 0.975. The molecule has 3 rings (SSSR count). The van der Waals surface area contributed by atoms with Gasteiger partial charge in [0, 0.05) is 23.9 Å². The van der Waals surface area contributed by atoms with Crippen LogP contribution in [0.25, 0.3) is 22.5 Å². The Morgan fingerprint density at radius 2 is 2.03 bits per heavy atom. The number of rotatable bonds is 8. The Bertz CT molecular complexity index is 959. The first-order valence-electron chi connectivity index (χ1n) is 8.33. The molecule has 0 fully saturated rings. The number of nitrogens with zero attached hydrogens (tertiary/aromatic N) is 4. The highest BCUT2D eigenvalue weighted by Crippen LogP contribution is 2.39. The summed E-state index contributed by atoms with van der Waals surface area (Å²) in [6.45, 7) is 1.04. The molecule has 1 atom stereocenters. The molecule has 0 amide bonds. The number of aromatic amines is 1. The molecule has 12 heteroatoms. The van der Waals surface area contributed by atoms with Gasteiger partial charge in [0.1, 0.15) is 16.8 Å². The first kappa shape index (κ1) is 22.5. The highest BCUT2D eigenvalue weighted by Gasteiger charge is 2.22. The van der Waals surface area contributed by atoms with Crippen LogP contribution in [0, 0.1) is 12.8 Å². The molecule has 0 aliphatic carbocycles. The average Bonchev–Trinajstić information content (AvgIpc) is 3.29. The van der Waals surface area contributed by atoms with Gasteiger partial charge in [-0.05, 0) is 53.9 Å². The molecule has 0 aliphatic heterocycles. The SMILES string of the molecule is C#C.NCCCNS(=O)c1ccc(-c2ccc(N)nc2)c(-c2nn[nH]n2)c1SN. The molecule has 29 heavy (non-hydrogen) atoms. The van der Waals surface area contributed by atoms with Crippen molar-refractivity contribution < 1.29 is 4.21 Å². The molecular weight excluding hydrogens is 410 g/mol. The molecule has 3 aromatic rings. The van der Waals surface area contributed by atoms with Crippen LogP contribution >= 0.6 is 11.9 Å². The third-order valence-electron chi connectivity index (χ3n) is 3.72. The zero-order chi connectivity index (χ0) is 21.2. The number of hydrogen-bond acceptors (Lipinski definition) is 9. The van der Waals surface area contributed by atoms with Gasteiger partial charge in [-0.2, -0.15) is 5.21 Å². The van der Waals surface area contributed by atoms with E-state index in [4.69, 9.17) is 16.6 Å². The molecule has 0 saturated heterocycles. The smallest absolute Gasteiger partial charge is 0.206 e. The number of nitrogens with one attached hydrogen (secondary N) is 2. The summed E-state index contributed by atoms with van der Waals surface area (Å²) in [5.74, 6) is 0.755. The molecular formula is C17H21N9OS2. The molecule has 2 heterocycles. The van der Waals surface area contributed by atoms with Crippen molar-refractivity contribution in [3.05, 3.63) is 30.5 Å². The summed E-state index contributed by atoms with van der Waals surface area (Å²) < 4.78 is 15.7. The fourth-order valence-electron chi connectivity index (χ4n) is 2.47. The van der Waals surface area contributed by atoms with Crippen molar-refractivity contribution in [2.45, 2.75) is 16.2 Å². The Morgan fingerprint density at radius 3 is 2.62 bits per heavy atom. The van der Waals surface area contributed by atoms with Gasteiger partial charge in [0.05, 0.1) is 9.79 Å². The summed E-state index contributed by atoms with van der Waals surface area (Å²) in [7, 11) is -1.46. The summed E-state index contributed by atoms with van der Waals surface area (Å²) in [4.78, 5) is 5.25. The summed E-state index contributed by atoms with van der Waals surface area (Å²) in [5.41, 5.74) is 13.4. The van der Waals surface area contributed by atoms with Crippen LogP contribution in [-0.4, -0.2) is 42.9 Å². The number of H-pyrrole nitrogens is 1. The van der Waals surface area contributed by atoms with E-state index in [1.807, 2.05) is 12.1 Å². The van der Waals surface area contributed by atoms with Crippen LogP contribution in [0.1, 0.15) is 6.42 Å². The maximum absolute atomic E-state index is 12.7. The Hall–Kier alpha value is -2.82. The van der Waals surface area contributed by atoms with Crippen LogP contribution in [-0.2, 0) is 11.0 Å². The van der Waals surface area contributed by atoms with Gasteiger partial charge in [-0.3, -0.25) is 5.14 Å². The van der Waals surface area contributed by atoms with E-state index in [0.717, 1.165) is 23.1 Å². The van der Waals surface area contributed by atoms with E-state index in [0.29, 0.717) is 46.5 Å². The molecule has 10 nitrogen and oxygen atoms in total. The number of anilines is 1. The van der Waals surface area contributed by atoms with Gasteiger partial charge >= 0.3 is 0 Å². The molecule has 1 aromatic carbocycles. The zero-order valence-corrected chi connectivity index (χ0v) is 17.0. The van der Waals surface area contributed by atoms with Crippen molar-refractivity contribution in [1.82, 2.24) is 30.3 Å². The van der Waals surface area contributed by atoms with E-state index >= 15 is 0 Å². The van der Waals surface area contributed by atoms with Gasteiger partial charge in [0.25, 0.3) is 0 Å². The lowest BCUT2D eigenvalue weighted by molar-refractivity contribution is 0.666. The second-order valence-corrected chi connectivity index (χ2v) is 7.36. The van der Waals surface area contributed by atoms with Crippen LogP contribution in [0.5, 0.6) is 0 Å². The Labute approximate surface area is 175 Å². The summed E-state index contributed by atoms with van der Waals surface area (Å²) in [6, 6.07) is 7.12. The standard InChI is InChI=1S/C15H19N9OS2.C2H2/c16-6-1-7-20-27(25)11-4-3-10(9-2-5-12(17)19-8-9)13(14(11)26-18)15-21-23-24-22-15;1-2/h2-5,8,20H,1,6-7,16,18H2,(H2,17,19)(H,21,22,23,24);1-2H. The van der Waals surface area contributed by atoms with E-state index in [1.165, 1.54) is 0 Å². The third kappa shape index (κ3) is 5.37. The minimum atomic E-state index is -1.46. The first-order chi connectivity index (χ1) is 14.2. The maximum Gasteiger partial charge on any atom is 0.206 e. The Balaban J connectivity index is 0.00000145. The van der Waals surface area contributed by atoms with Crippen molar-refractivity contribution >= 4 is 28.8 Å². The average molecular weight is 432 g/mol. The summed E-state index contributed by atoms with van der Waals surface area (Å²) in [6.07, 6.45) is 10.4. The number of aromatic nitrogens is 5. The monoisotopic (exact) mass is 431 g/mol. The van der Waals surface area contributed by atoms with Crippen LogP contribution in [0.15, 0.2) is 40.3 Å². The number of nitrogens with two attached hydrogens (primary N) is 3. The highest BCUT2D eigenvalue weighted by atomic mass is 32.2. The molecule has 0 aliphatic rings. The van der Waals surface area contributed by atoms with Gasteiger partial charge < -0.3 is 11.5 Å². The largest absolute Gasteiger partial charge is 0.384 e. The predicted octanol–water partition coefficient (Wildman–Crippen LogP) is 0.687. The lowest BCUT2D eigenvalue weighted by atomic mass is 10.0. The van der Waals surface area contributed by atoms with Crippen molar-refractivity contribution in [2.24, 2.45) is 10.9 Å². The molecule has 2 aromatic heterocycles.